The Kier molecular flexibility index (Phi) is 4.28. The summed E-state index contributed by atoms with van der Waals surface area (Å²) in [6, 6.07) is 0.319. The summed E-state index contributed by atoms with van der Waals surface area (Å²) in [6.45, 7) is 7.65. The Balaban J connectivity index is 2.52. The smallest absolute Gasteiger partial charge is 0.127 e. The summed E-state index contributed by atoms with van der Waals surface area (Å²) in [5.74, 6) is 0.858. The van der Waals surface area contributed by atoms with Crippen LogP contribution in [0.4, 0.5) is 0 Å². The van der Waals surface area contributed by atoms with Gasteiger partial charge in [0.1, 0.15) is 12.1 Å². The van der Waals surface area contributed by atoms with E-state index in [2.05, 4.69) is 18.2 Å². The third-order valence-corrected chi connectivity index (χ3v) is 2.67. The monoisotopic (exact) mass is 221 g/mol. The highest BCUT2D eigenvalue weighted by Gasteiger charge is 2.32. The van der Waals surface area contributed by atoms with Crippen molar-refractivity contribution in [3.05, 3.63) is 25.2 Å². The molecule has 0 heterocycles. The van der Waals surface area contributed by atoms with E-state index >= 15 is 0 Å². The molecule has 0 unspecified atom stereocenters. The Morgan fingerprint density at radius 1 is 1.44 bits per heavy atom. The van der Waals surface area contributed by atoms with Crippen LogP contribution in [0.15, 0.2) is 30.2 Å². The van der Waals surface area contributed by atoms with Gasteiger partial charge < -0.3 is 14.6 Å². The molecular formula is C12H19N3O. The number of aldehydes is 1. The van der Waals surface area contributed by atoms with Gasteiger partial charge in [0.25, 0.3) is 0 Å². The Bertz CT molecular complexity index is 303. The van der Waals surface area contributed by atoms with E-state index in [1.54, 1.807) is 12.5 Å². The lowest BCUT2D eigenvalue weighted by atomic mass is 9.80. The van der Waals surface area contributed by atoms with Crippen molar-refractivity contribution >= 4 is 12.6 Å². The van der Waals surface area contributed by atoms with Crippen LogP contribution in [0.1, 0.15) is 12.8 Å². The van der Waals surface area contributed by atoms with E-state index in [1.165, 1.54) is 0 Å². The Labute approximate surface area is 96.9 Å². The number of hydrogen-bond donors (Lipinski definition) is 0. The highest BCUT2D eigenvalue weighted by Crippen LogP contribution is 2.32. The molecule has 4 nitrogen and oxygen atoms in total. The fraction of sp³-hybridized carbons (Fsp3) is 0.500. The van der Waals surface area contributed by atoms with E-state index in [1.807, 2.05) is 23.9 Å². The number of rotatable bonds is 6. The SMILES string of the molecule is C=CN(C(=C)/N=C\N(C)C)[C@H]1C[C@@H](C=O)C1. The maximum Gasteiger partial charge on any atom is 0.127 e. The lowest BCUT2D eigenvalue weighted by Crippen LogP contribution is -2.41. The van der Waals surface area contributed by atoms with E-state index in [-0.39, 0.29) is 5.92 Å². The minimum atomic E-state index is 0.193. The molecule has 16 heavy (non-hydrogen) atoms. The highest BCUT2D eigenvalue weighted by molar-refractivity contribution is 5.56. The number of carbonyl (C=O) groups is 1. The van der Waals surface area contributed by atoms with Crippen molar-refractivity contribution < 1.29 is 4.79 Å². The molecule has 0 aliphatic heterocycles. The molecule has 1 fully saturated rings. The van der Waals surface area contributed by atoms with Gasteiger partial charge in [-0.3, -0.25) is 0 Å². The van der Waals surface area contributed by atoms with Gasteiger partial charge in [-0.25, -0.2) is 4.99 Å². The Morgan fingerprint density at radius 2 is 2.06 bits per heavy atom. The van der Waals surface area contributed by atoms with Crippen molar-refractivity contribution in [2.75, 3.05) is 14.1 Å². The van der Waals surface area contributed by atoms with Gasteiger partial charge >= 0.3 is 0 Å². The third-order valence-electron chi connectivity index (χ3n) is 2.67. The van der Waals surface area contributed by atoms with Gasteiger partial charge in [-0.1, -0.05) is 13.2 Å². The van der Waals surface area contributed by atoms with Gasteiger partial charge in [-0.15, -0.1) is 0 Å². The van der Waals surface area contributed by atoms with E-state index in [0.29, 0.717) is 11.9 Å². The van der Waals surface area contributed by atoms with E-state index in [0.717, 1.165) is 19.1 Å². The first-order valence-corrected chi connectivity index (χ1v) is 5.34. The molecule has 1 aliphatic carbocycles. The number of aliphatic imine (C=N–C) groups is 1. The Morgan fingerprint density at radius 3 is 2.50 bits per heavy atom. The first-order chi connectivity index (χ1) is 7.58. The molecule has 0 atom stereocenters. The summed E-state index contributed by atoms with van der Waals surface area (Å²) in [5.41, 5.74) is 0. The molecule has 1 aliphatic rings. The maximum absolute atomic E-state index is 10.5. The van der Waals surface area contributed by atoms with Crippen LogP contribution in [-0.2, 0) is 4.79 Å². The third kappa shape index (κ3) is 2.95. The van der Waals surface area contributed by atoms with Crippen molar-refractivity contribution in [1.82, 2.24) is 9.80 Å². The zero-order valence-electron chi connectivity index (χ0n) is 9.97. The molecule has 4 heteroatoms. The highest BCUT2D eigenvalue weighted by atomic mass is 16.1. The number of nitrogens with zero attached hydrogens (tertiary/aromatic N) is 3. The van der Waals surface area contributed by atoms with Crippen molar-refractivity contribution in [3.63, 3.8) is 0 Å². The number of hydrogen-bond acceptors (Lipinski definition) is 3. The minimum absolute atomic E-state index is 0.193. The first-order valence-electron chi connectivity index (χ1n) is 5.34. The molecule has 0 aromatic rings. The molecule has 0 aromatic heterocycles. The van der Waals surface area contributed by atoms with Crippen molar-refractivity contribution in [1.29, 1.82) is 0 Å². The molecule has 0 radical (unpaired) electrons. The maximum atomic E-state index is 10.5. The van der Waals surface area contributed by atoms with Crippen LogP contribution < -0.4 is 0 Å². The fourth-order valence-electron chi connectivity index (χ4n) is 1.68. The van der Waals surface area contributed by atoms with Crippen LogP contribution in [0.2, 0.25) is 0 Å². The van der Waals surface area contributed by atoms with Crippen molar-refractivity contribution in [2.24, 2.45) is 10.9 Å². The normalized spacial score (nSPS) is 23.6. The average Bonchev–Trinajstić information content (AvgIpc) is 2.19. The molecule has 0 amide bonds. The van der Waals surface area contributed by atoms with E-state index in [4.69, 9.17) is 0 Å². The zero-order valence-corrected chi connectivity index (χ0v) is 9.97. The van der Waals surface area contributed by atoms with Crippen LogP contribution in [0.3, 0.4) is 0 Å². The van der Waals surface area contributed by atoms with Crippen molar-refractivity contribution in [2.45, 2.75) is 18.9 Å². The van der Waals surface area contributed by atoms with Crippen LogP contribution in [-0.4, -0.2) is 42.6 Å². The standard InChI is InChI=1S/C12H19N3O/c1-5-15(10(2)13-9-14(3)4)12-6-11(7-12)8-16/h5,8-9,11-12H,1-2,6-7H2,3-4H3/b13-9-/t11-,12+. The topological polar surface area (TPSA) is 35.9 Å². The molecule has 88 valence electrons. The second kappa shape index (κ2) is 5.49. The fourth-order valence-corrected chi connectivity index (χ4v) is 1.68. The predicted octanol–water partition coefficient (Wildman–Crippen LogP) is 1.47. The van der Waals surface area contributed by atoms with Crippen LogP contribution in [0.25, 0.3) is 0 Å². The number of carbonyl (C=O) groups excluding carboxylic acids is 1. The Hall–Kier alpha value is -1.58. The van der Waals surface area contributed by atoms with E-state index < -0.39 is 0 Å². The first kappa shape index (κ1) is 12.5. The molecule has 1 saturated carbocycles. The summed E-state index contributed by atoms with van der Waals surface area (Å²) >= 11 is 0. The van der Waals surface area contributed by atoms with Crippen molar-refractivity contribution in [3.8, 4) is 0 Å². The summed E-state index contributed by atoms with van der Waals surface area (Å²) in [6.07, 6.45) is 6.18. The molecule has 0 saturated heterocycles. The van der Waals surface area contributed by atoms with Gasteiger partial charge in [0, 0.05) is 26.1 Å². The van der Waals surface area contributed by atoms with Gasteiger partial charge in [-0.2, -0.15) is 0 Å². The lowest BCUT2D eigenvalue weighted by Gasteiger charge is -2.39. The van der Waals surface area contributed by atoms with Crippen LogP contribution in [0, 0.1) is 5.92 Å². The average molecular weight is 221 g/mol. The molecular weight excluding hydrogens is 202 g/mol. The van der Waals surface area contributed by atoms with Gasteiger partial charge in [0.05, 0.1) is 6.34 Å². The minimum Gasteiger partial charge on any atom is -0.369 e. The van der Waals surface area contributed by atoms with Crippen LogP contribution >= 0.6 is 0 Å². The second-order valence-corrected chi connectivity index (χ2v) is 4.24. The summed E-state index contributed by atoms with van der Waals surface area (Å²) < 4.78 is 0. The van der Waals surface area contributed by atoms with Crippen LogP contribution in [0.5, 0.6) is 0 Å². The summed E-state index contributed by atoms with van der Waals surface area (Å²) in [4.78, 5) is 18.5. The van der Waals surface area contributed by atoms with Gasteiger partial charge in [0.2, 0.25) is 0 Å². The van der Waals surface area contributed by atoms with Gasteiger partial charge in [0.15, 0.2) is 0 Å². The largest absolute Gasteiger partial charge is 0.369 e. The summed E-state index contributed by atoms with van der Waals surface area (Å²) in [7, 11) is 3.81. The predicted molar refractivity (Wildman–Crippen MR) is 65.9 cm³/mol. The second-order valence-electron chi connectivity index (χ2n) is 4.24. The summed E-state index contributed by atoms with van der Waals surface area (Å²) in [5, 5.41) is 0. The quantitative estimate of drug-likeness (QED) is 0.387. The molecule has 0 bridgehead atoms. The lowest BCUT2D eigenvalue weighted by molar-refractivity contribution is -0.114. The molecule has 0 spiro atoms. The molecule has 0 N–H and O–H groups in total. The zero-order chi connectivity index (χ0) is 12.1. The van der Waals surface area contributed by atoms with Gasteiger partial charge in [-0.05, 0) is 19.0 Å². The molecule has 1 rings (SSSR count). The van der Waals surface area contributed by atoms with E-state index in [9.17, 15) is 4.79 Å². The molecule has 0 aromatic carbocycles.